The molecule has 0 atom stereocenters. The molecule has 0 aromatic heterocycles. The zero-order valence-corrected chi connectivity index (χ0v) is 8.87. The molecule has 0 unspecified atom stereocenters. The molecule has 1 heterocycles. The largest absolute Gasteiger partial charge is 0.398 e. The zero-order valence-electron chi connectivity index (χ0n) is 8.87. The van der Waals surface area contributed by atoms with Gasteiger partial charge in [0.15, 0.2) is 0 Å². The molecule has 1 aliphatic rings. The number of nitrogen functional groups attached to an aromatic ring is 1. The van der Waals surface area contributed by atoms with E-state index < -0.39 is 5.82 Å². The van der Waals surface area contributed by atoms with E-state index in [-0.39, 0.29) is 11.5 Å². The summed E-state index contributed by atoms with van der Waals surface area (Å²) in [5.74, 6) is -0.633. The third-order valence-corrected chi connectivity index (χ3v) is 2.65. The molecule has 0 bridgehead atoms. The molecule has 1 aromatic rings. The van der Waals surface area contributed by atoms with Gasteiger partial charge in [0, 0.05) is 31.9 Å². The van der Waals surface area contributed by atoms with Gasteiger partial charge < -0.3 is 16.0 Å². The maximum Gasteiger partial charge on any atom is 0.256 e. The van der Waals surface area contributed by atoms with E-state index in [1.165, 1.54) is 18.2 Å². The number of hydrogen-bond donors (Lipinski definition) is 2. The number of anilines is 1. The van der Waals surface area contributed by atoms with E-state index in [1.54, 1.807) is 4.90 Å². The highest BCUT2D eigenvalue weighted by molar-refractivity contribution is 5.99. The quantitative estimate of drug-likeness (QED) is 0.680. The molecule has 0 aliphatic carbocycles. The van der Waals surface area contributed by atoms with E-state index in [9.17, 15) is 9.18 Å². The first-order chi connectivity index (χ1) is 7.68. The lowest BCUT2D eigenvalue weighted by Gasteiger charge is -2.27. The van der Waals surface area contributed by atoms with Crippen LogP contribution in [0.1, 0.15) is 10.4 Å². The molecular formula is C11H14FN3O. The first-order valence-corrected chi connectivity index (χ1v) is 5.23. The molecule has 16 heavy (non-hydrogen) atoms. The predicted molar refractivity (Wildman–Crippen MR) is 59.6 cm³/mol. The molecule has 0 radical (unpaired) electrons. The van der Waals surface area contributed by atoms with Crippen LogP contribution in [0.4, 0.5) is 10.1 Å². The van der Waals surface area contributed by atoms with Crippen molar-refractivity contribution in [1.82, 2.24) is 10.2 Å². The summed E-state index contributed by atoms with van der Waals surface area (Å²) in [6, 6.07) is 3.87. The van der Waals surface area contributed by atoms with Crippen LogP contribution in [0.15, 0.2) is 18.2 Å². The Morgan fingerprint density at radius 2 is 2.06 bits per heavy atom. The number of benzene rings is 1. The average Bonchev–Trinajstić information content (AvgIpc) is 2.32. The number of halogens is 1. The first-order valence-electron chi connectivity index (χ1n) is 5.23. The molecule has 1 amide bonds. The number of carbonyl (C=O) groups is 1. The molecule has 1 saturated heterocycles. The summed E-state index contributed by atoms with van der Waals surface area (Å²) in [7, 11) is 0. The molecule has 2 rings (SSSR count). The Balaban J connectivity index is 2.22. The van der Waals surface area contributed by atoms with Crippen LogP contribution in [-0.2, 0) is 0 Å². The Morgan fingerprint density at radius 1 is 1.38 bits per heavy atom. The van der Waals surface area contributed by atoms with Crippen molar-refractivity contribution in [3.63, 3.8) is 0 Å². The van der Waals surface area contributed by atoms with Gasteiger partial charge in [-0.25, -0.2) is 4.39 Å². The minimum absolute atomic E-state index is 0.196. The second kappa shape index (κ2) is 4.49. The van der Waals surface area contributed by atoms with Crippen LogP contribution in [0.2, 0.25) is 0 Å². The fourth-order valence-electron chi connectivity index (χ4n) is 1.75. The van der Waals surface area contributed by atoms with Gasteiger partial charge in [-0.1, -0.05) is 0 Å². The summed E-state index contributed by atoms with van der Waals surface area (Å²) in [6.07, 6.45) is 0. The van der Waals surface area contributed by atoms with Gasteiger partial charge in [-0.2, -0.15) is 0 Å². The molecular weight excluding hydrogens is 209 g/mol. The van der Waals surface area contributed by atoms with E-state index >= 15 is 0 Å². The van der Waals surface area contributed by atoms with E-state index in [0.717, 1.165) is 13.1 Å². The Morgan fingerprint density at radius 3 is 2.75 bits per heavy atom. The second-order valence-electron chi connectivity index (χ2n) is 3.77. The van der Waals surface area contributed by atoms with Crippen molar-refractivity contribution in [3.05, 3.63) is 29.6 Å². The lowest BCUT2D eigenvalue weighted by Crippen LogP contribution is -2.46. The molecule has 3 N–H and O–H groups in total. The summed E-state index contributed by atoms with van der Waals surface area (Å²) in [5.41, 5.74) is 6.24. The number of rotatable bonds is 1. The van der Waals surface area contributed by atoms with Gasteiger partial charge in [-0.15, -0.1) is 0 Å². The van der Waals surface area contributed by atoms with Crippen LogP contribution < -0.4 is 11.1 Å². The van der Waals surface area contributed by atoms with Gasteiger partial charge in [0.25, 0.3) is 5.91 Å². The third-order valence-electron chi connectivity index (χ3n) is 2.65. The zero-order chi connectivity index (χ0) is 11.5. The highest BCUT2D eigenvalue weighted by atomic mass is 19.1. The normalized spacial score (nSPS) is 16.2. The van der Waals surface area contributed by atoms with E-state index in [4.69, 9.17) is 5.73 Å². The smallest absolute Gasteiger partial charge is 0.256 e. The molecule has 0 saturated carbocycles. The number of amides is 1. The fraction of sp³-hybridized carbons (Fsp3) is 0.364. The van der Waals surface area contributed by atoms with Gasteiger partial charge >= 0.3 is 0 Å². The predicted octanol–water partition coefficient (Wildman–Crippen LogP) is 0.453. The van der Waals surface area contributed by atoms with Crippen molar-refractivity contribution in [2.75, 3.05) is 31.9 Å². The minimum Gasteiger partial charge on any atom is -0.398 e. The Hall–Kier alpha value is -1.62. The third kappa shape index (κ3) is 2.14. The molecule has 1 aromatic carbocycles. The lowest BCUT2D eigenvalue weighted by molar-refractivity contribution is 0.0736. The summed E-state index contributed by atoms with van der Waals surface area (Å²) in [6.45, 7) is 2.80. The SMILES string of the molecule is Nc1ccc(F)cc1C(=O)N1CCNCC1. The number of nitrogens with zero attached hydrogens (tertiary/aromatic N) is 1. The fourth-order valence-corrected chi connectivity index (χ4v) is 1.75. The summed E-state index contributed by atoms with van der Waals surface area (Å²) in [5, 5.41) is 3.15. The Kier molecular flexibility index (Phi) is 3.05. The first kappa shape index (κ1) is 10.9. The number of nitrogens with one attached hydrogen (secondary N) is 1. The van der Waals surface area contributed by atoms with Crippen LogP contribution in [0.3, 0.4) is 0 Å². The van der Waals surface area contributed by atoms with Crippen LogP contribution in [0.25, 0.3) is 0 Å². The lowest BCUT2D eigenvalue weighted by atomic mass is 10.1. The molecule has 1 fully saturated rings. The summed E-state index contributed by atoms with van der Waals surface area (Å²) >= 11 is 0. The monoisotopic (exact) mass is 223 g/mol. The van der Waals surface area contributed by atoms with Crippen molar-refractivity contribution < 1.29 is 9.18 Å². The van der Waals surface area contributed by atoms with E-state index in [2.05, 4.69) is 5.32 Å². The molecule has 86 valence electrons. The number of piperazine rings is 1. The molecule has 1 aliphatic heterocycles. The van der Waals surface area contributed by atoms with E-state index in [1.807, 2.05) is 0 Å². The topological polar surface area (TPSA) is 58.4 Å². The van der Waals surface area contributed by atoms with Crippen molar-refractivity contribution in [2.24, 2.45) is 0 Å². The second-order valence-corrected chi connectivity index (χ2v) is 3.77. The summed E-state index contributed by atoms with van der Waals surface area (Å²) in [4.78, 5) is 13.7. The van der Waals surface area contributed by atoms with Gasteiger partial charge in [0.1, 0.15) is 5.82 Å². The maximum atomic E-state index is 13.0. The Labute approximate surface area is 93.2 Å². The maximum absolute atomic E-state index is 13.0. The van der Waals surface area contributed by atoms with Gasteiger partial charge in [-0.3, -0.25) is 4.79 Å². The van der Waals surface area contributed by atoms with Crippen LogP contribution in [0, 0.1) is 5.82 Å². The number of nitrogens with two attached hydrogens (primary N) is 1. The van der Waals surface area contributed by atoms with Crippen molar-refractivity contribution >= 4 is 11.6 Å². The van der Waals surface area contributed by atoms with Crippen LogP contribution in [-0.4, -0.2) is 37.0 Å². The summed E-state index contributed by atoms with van der Waals surface area (Å²) < 4.78 is 13.0. The van der Waals surface area contributed by atoms with Crippen LogP contribution in [0.5, 0.6) is 0 Å². The van der Waals surface area contributed by atoms with Crippen molar-refractivity contribution in [2.45, 2.75) is 0 Å². The van der Waals surface area contributed by atoms with E-state index in [0.29, 0.717) is 18.8 Å². The minimum atomic E-state index is -0.437. The van der Waals surface area contributed by atoms with Gasteiger partial charge in [-0.05, 0) is 18.2 Å². The highest BCUT2D eigenvalue weighted by Gasteiger charge is 2.20. The van der Waals surface area contributed by atoms with Crippen LogP contribution >= 0.6 is 0 Å². The molecule has 4 nitrogen and oxygen atoms in total. The van der Waals surface area contributed by atoms with Gasteiger partial charge in [0.2, 0.25) is 0 Å². The average molecular weight is 223 g/mol. The number of hydrogen-bond acceptors (Lipinski definition) is 3. The van der Waals surface area contributed by atoms with Gasteiger partial charge in [0.05, 0.1) is 5.56 Å². The molecule has 5 heteroatoms. The van der Waals surface area contributed by atoms with Crippen molar-refractivity contribution in [3.8, 4) is 0 Å². The number of carbonyl (C=O) groups excluding carboxylic acids is 1. The standard InChI is InChI=1S/C11H14FN3O/c12-8-1-2-10(13)9(7-8)11(16)15-5-3-14-4-6-15/h1-2,7,14H,3-6,13H2. The molecule has 0 spiro atoms. The van der Waals surface area contributed by atoms with Crippen molar-refractivity contribution in [1.29, 1.82) is 0 Å². The highest BCUT2D eigenvalue weighted by Crippen LogP contribution is 2.16. The Bertz CT molecular complexity index is 402.